The number of para-hydroxylation sites is 1. The summed E-state index contributed by atoms with van der Waals surface area (Å²) in [6.45, 7) is 1.64. The van der Waals surface area contributed by atoms with Gasteiger partial charge in [-0.3, -0.25) is 19.7 Å². The highest BCUT2D eigenvalue weighted by Crippen LogP contribution is 2.30. The molecule has 9 heteroatoms. The van der Waals surface area contributed by atoms with Crippen LogP contribution in [0.4, 0.5) is 14.9 Å². The number of hydrogen-bond acceptors (Lipinski definition) is 6. The largest absolute Gasteiger partial charge is 0.493 e. The fourth-order valence-corrected chi connectivity index (χ4v) is 2.73. The minimum absolute atomic E-state index is 0.170. The molecule has 2 aromatic carbocycles. The molecule has 1 saturated heterocycles. The lowest BCUT2D eigenvalue weighted by molar-refractivity contribution is -0.134. The van der Waals surface area contributed by atoms with E-state index in [2.05, 4.69) is 0 Å². The highest BCUT2D eigenvalue weighted by atomic mass is 19.1. The molecule has 0 saturated carbocycles. The van der Waals surface area contributed by atoms with E-state index < -0.39 is 29.6 Å². The molecule has 0 aliphatic carbocycles. The van der Waals surface area contributed by atoms with Crippen molar-refractivity contribution >= 4 is 35.6 Å². The third-order valence-electron chi connectivity index (χ3n) is 4.21. The van der Waals surface area contributed by atoms with Crippen molar-refractivity contribution in [3.63, 3.8) is 0 Å². The number of carbonyl (C=O) groups is 4. The predicted octanol–water partition coefficient (Wildman–Crippen LogP) is 2.82. The molecule has 0 aromatic heterocycles. The third-order valence-corrected chi connectivity index (χ3v) is 4.21. The van der Waals surface area contributed by atoms with Crippen LogP contribution in [0.15, 0.2) is 48.0 Å². The summed E-state index contributed by atoms with van der Waals surface area (Å²) in [4.78, 5) is 49.3. The molecular formula is C21H17FN2O6. The second-order valence-corrected chi connectivity index (χ2v) is 6.15. The Hall–Kier alpha value is -4.01. The summed E-state index contributed by atoms with van der Waals surface area (Å²) < 4.78 is 24.5. The Labute approximate surface area is 170 Å². The smallest absolute Gasteiger partial charge is 0.336 e. The molecule has 1 N–H and O–H groups in total. The summed E-state index contributed by atoms with van der Waals surface area (Å²) in [6.07, 6.45) is 1.40. The first-order valence-corrected chi connectivity index (χ1v) is 8.90. The molecule has 4 amide bonds. The van der Waals surface area contributed by atoms with Gasteiger partial charge in [-0.1, -0.05) is 25.1 Å². The van der Waals surface area contributed by atoms with Gasteiger partial charge in [0.15, 0.2) is 11.5 Å². The minimum Gasteiger partial charge on any atom is -0.493 e. The van der Waals surface area contributed by atoms with Crippen LogP contribution < -0.4 is 19.7 Å². The number of methoxy groups -OCH3 is 1. The Morgan fingerprint density at radius 2 is 1.87 bits per heavy atom. The Morgan fingerprint density at radius 1 is 1.13 bits per heavy atom. The van der Waals surface area contributed by atoms with Crippen molar-refractivity contribution in [1.29, 1.82) is 0 Å². The molecule has 0 unspecified atom stereocenters. The first kappa shape index (κ1) is 20.7. The summed E-state index contributed by atoms with van der Waals surface area (Å²) in [5.74, 6) is -2.77. The van der Waals surface area contributed by atoms with E-state index in [-0.39, 0.29) is 29.2 Å². The third kappa shape index (κ3) is 4.04. The molecule has 1 aliphatic heterocycles. The van der Waals surface area contributed by atoms with Gasteiger partial charge in [-0.25, -0.2) is 14.1 Å². The van der Waals surface area contributed by atoms with Gasteiger partial charge in [-0.05, 0) is 35.9 Å². The number of rotatable bonds is 5. The summed E-state index contributed by atoms with van der Waals surface area (Å²) in [7, 11) is 1.37. The Balaban J connectivity index is 1.98. The van der Waals surface area contributed by atoms with Gasteiger partial charge in [0.25, 0.3) is 11.8 Å². The molecule has 3 rings (SSSR count). The average Bonchev–Trinajstić information content (AvgIpc) is 2.73. The maximum atomic E-state index is 14.1. The SMILES string of the molecule is CCC(=O)Oc1ccc(C=C2C(=O)NC(=O)N(c3ccccc3F)C2=O)cc1OC. The molecule has 154 valence electrons. The van der Waals surface area contributed by atoms with Crippen molar-refractivity contribution in [2.45, 2.75) is 13.3 Å². The van der Waals surface area contributed by atoms with E-state index in [0.717, 1.165) is 6.07 Å². The normalized spacial score (nSPS) is 15.2. The predicted molar refractivity (Wildman–Crippen MR) is 104 cm³/mol. The van der Waals surface area contributed by atoms with Crippen LogP contribution >= 0.6 is 0 Å². The van der Waals surface area contributed by atoms with Gasteiger partial charge in [0.2, 0.25) is 0 Å². The maximum Gasteiger partial charge on any atom is 0.336 e. The zero-order chi connectivity index (χ0) is 21.8. The van der Waals surface area contributed by atoms with Crippen LogP contribution in [0.5, 0.6) is 11.5 Å². The fraction of sp³-hybridized carbons (Fsp3) is 0.143. The molecule has 30 heavy (non-hydrogen) atoms. The van der Waals surface area contributed by atoms with Crippen LogP contribution in [0.2, 0.25) is 0 Å². The van der Waals surface area contributed by atoms with E-state index in [0.29, 0.717) is 10.5 Å². The highest BCUT2D eigenvalue weighted by Gasteiger charge is 2.37. The molecule has 1 aliphatic rings. The molecule has 2 aromatic rings. The van der Waals surface area contributed by atoms with Gasteiger partial charge in [-0.15, -0.1) is 0 Å². The van der Waals surface area contributed by atoms with Crippen molar-refractivity contribution in [2.75, 3.05) is 12.0 Å². The molecule has 0 atom stereocenters. The number of barbiturate groups is 1. The summed E-state index contributed by atoms with van der Waals surface area (Å²) >= 11 is 0. The lowest BCUT2D eigenvalue weighted by Crippen LogP contribution is -2.54. The molecule has 1 heterocycles. The number of carbonyl (C=O) groups excluding carboxylic acids is 4. The van der Waals surface area contributed by atoms with Crippen LogP contribution in [0.1, 0.15) is 18.9 Å². The summed E-state index contributed by atoms with van der Waals surface area (Å²) in [5, 5.41) is 2.02. The minimum atomic E-state index is -1.05. The van der Waals surface area contributed by atoms with E-state index in [9.17, 15) is 23.6 Å². The first-order chi connectivity index (χ1) is 14.3. The van der Waals surface area contributed by atoms with E-state index in [1.807, 2.05) is 5.32 Å². The highest BCUT2D eigenvalue weighted by molar-refractivity contribution is 6.39. The van der Waals surface area contributed by atoms with Gasteiger partial charge < -0.3 is 9.47 Å². The van der Waals surface area contributed by atoms with E-state index in [4.69, 9.17) is 9.47 Å². The molecule has 0 radical (unpaired) electrons. The number of nitrogens with zero attached hydrogens (tertiary/aromatic N) is 1. The topological polar surface area (TPSA) is 102 Å². The van der Waals surface area contributed by atoms with Crippen molar-refractivity contribution in [1.82, 2.24) is 5.32 Å². The Kier molecular flexibility index (Phi) is 5.91. The van der Waals surface area contributed by atoms with Gasteiger partial charge >= 0.3 is 12.0 Å². The van der Waals surface area contributed by atoms with Gasteiger partial charge in [-0.2, -0.15) is 0 Å². The second kappa shape index (κ2) is 8.56. The Bertz CT molecular complexity index is 1080. The number of urea groups is 1. The summed E-state index contributed by atoms with van der Waals surface area (Å²) in [5.41, 5.74) is -0.291. The molecule has 0 bridgehead atoms. The van der Waals surface area contributed by atoms with Crippen LogP contribution in [-0.4, -0.2) is 30.9 Å². The van der Waals surface area contributed by atoms with Gasteiger partial charge in [0.1, 0.15) is 11.4 Å². The van der Waals surface area contributed by atoms with Crippen molar-refractivity contribution in [3.8, 4) is 11.5 Å². The van der Waals surface area contributed by atoms with Gasteiger partial charge in [0, 0.05) is 6.42 Å². The number of anilines is 1. The lowest BCUT2D eigenvalue weighted by atomic mass is 10.1. The fourth-order valence-electron chi connectivity index (χ4n) is 2.73. The van der Waals surface area contributed by atoms with Crippen molar-refractivity contribution < 1.29 is 33.0 Å². The number of amides is 4. The zero-order valence-electron chi connectivity index (χ0n) is 16.1. The van der Waals surface area contributed by atoms with E-state index in [1.165, 1.54) is 49.6 Å². The Morgan fingerprint density at radius 3 is 2.53 bits per heavy atom. The number of esters is 1. The second-order valence-electron chi connectivity index (χ2n) is 6.15. The number of nitrogens with one attached hydrogen (secondary N) is 1. The van der Waals surface area contributed by atoms with Gasteiger partial charge in [0.05, 0.1) is 12.8 Å². The van der Waals surface area contributed by atoms with Crippen LogP contribution in [-0.2, 0) is 14.4 Å². The summed E-state index contributed by atoms with van der Waals surface area (Å²) in [6, 6.07) is 8.56. The average molecular weight is 412 g/mol. The molecular weight excluding hydrogens is 395 g/mol. The van der Waals surface area contributed by atoms with E-state index in [1.54, 1.807) is 6.92 Å². The maximum absolute atomic E-state index is 14.1. The van der Waals surface area contributed by atoms with Crippen molar-refractivity contribution in [2.24, 2.45) is 0 Å². The standard InChI is InChI=1S/C21H17FN2O6/c1-3-18(25)30-16-9-8-12(11-17(16)29-2)10-13-19(26)23-21(28)24(20(13)27)15-7-5-4-6-14(15)22/h4-11H,3H2,1-2H3,(H,23,26,28). The number of hydrogen-bond donors (Lipinski definition) is 1. The zero-order valence-corrected chi connectivity index (χ0v) is 16.1. The quantitative estimate of drug-likeness (QED) is 0.351. The molecule has 0 spiro atoms. The van der Waals surface area contributed by atoms with E-state index >= 15 is 0 Å². The number of imide groups is 2. The van der Waals surface area contributed by atoms with Crippen LogP contribution in [0.25, 0.3) is 6.08 Å². The molecule has 1 fully saturated rings. The molecule has 8 nitrogen and oxygen atoms in total. The van der Waals surface area contributed by atoms with Crippen molar-refractivity contribution in [3.05, 3.63) is 59.4 Å². The van der Waals surface area contributed by atoms with Crippen LogP contribution in [0, 0.1) is 5.82 Å². The number of benzene rings is 2. The lowest BCUT2D eigenvalue weighted by Gasteiger charge is -2.26. The number of halogens is 1. The monoisotopic (exact) mass is 412 g/mol. The first-order valence-electron chi connectivity index (χ1n) is 8.90. The number of ether oxygens (including phenoxy) is 2. The van der Waals surface area contributed by atoms with Crippen LogP contribution in [0.3, 0.4) is 0 Å².